The highest BCUT2D eigenvalue weighted by Crippen LogP contribution is 2.31. The third-order valence-electron chi connectivity index (χ3n) is 15.2. The maximum atomic E-state index is 14.6. The molecule has 2 aromatic carbocycles. The molecule has 83 heavy (non-hydrogen) atoms. The lowest BCUT2D eigenvalue weighted by atomic mass is 9.89. The number of primary amides is 1. The van der Waals surface area contributed by atoms with Gasteiger partial charge in [-0.05, 0) is 87.0 Å². The van der Waals surface area contributed by atoms with Crippen LogP contribution in [0.5, 0.6) is 0 Å². The molecule has 1 aromatic heterocycles. The average molecular weight is 1180 g/mol. The molecule has 2 heterocycles. The fourth-order valence-electron chi connectivity index (χ4n) is 10.2. The Morgan fingerprint density at radius 2 is 1.54 bits per heavy atom. The van der Waals surface area contributed by atoms with E-state index in [1.807, 2.05) is 56.5 Å². The van der Waals surface area contributed by atoms with Crippen LogP contribution < -0.4 is 43.0 Å². The van der Waals surface area contributed by atoms with E-state index in [1.165, 1.54) is 32.3 Å². The molecule has 24 heteroatoms. The van der Waals surface area contributed by atoms with Gasteiger partial charge in [0.05, 0.1) is 42.7 Å². The number of nitrogens with two attached hydrogens (primary N) is 1. The van der Waals surface area contributed by atoms with Crippen molar-refractivity contribution in [1.82, 2.24) is 46.7 Å². The molecule has 3 aromatic rings. The second-order valence-corrected chi connectivity index (χ2v) is 23.3. The van der Waals surface area contributed by atoms with Gasteiger partial charge in [-0.2, -0.15) is 0 Å². The molecular weight excluding hydrogens is 1090 g/mol. The van der Waals surface area contributed by atoms with Crippen molar-refractivity contribution < 1.29 is 57.4 Å². The number of rotatable bonds is 33. The minimum absolute atomic E-state index is 0.0676. The van der Waals surface area contributed by atoms with Crippen molar-refractivity contribution in [1.29, 1.82) is 0 Å². The number of nitrogens with one attached hydrogen (secondary N) is 7. The first kappa shape index (κ1) is 68.3. The van der Waals surface area contributed by atoms with Gasteiger partial charge in [0.25, 0.3) is 0 Å². The van der Waals surface area contributed by atoms with Crippen LogP contribution in [-0.4, -0.2) is 151 Å². The molecule has 458 valence electrons. The number of anilines is 1. The molecule has 0 radical (unpaired) electrons. The van der Waals surface area contributed by atoms with Crippen LogP contribution in [0.3, 0.4) is 0 Å². The van der Waals surface area contributed by atoms with Crippen LogP contribution in [0.15, 0.2) is 66.2 Å². The van der Waals surface area contributed by atoms with E-state index in [1.54, 1.807) is 82.1 Å². The number of likely N-dealkylation sites (tertiary alicyclic amines) is 1. The predicted molar refractivity (Wildman–Crippen MR) is 315 cm³/mol. The quantitative estimate of drug-likeness (QED) is 0.0296. The maximum absolute atomic E-state index is 14.6. The fourth-order valence-corrected chi connectivity index (χ4v) is 10.9. The van der Waals surface area contributed by atoms with Crippen molar-refractivity contribution in [3.63, 3.8) is 0 Å². The molecular formula is C59H89N11O12S. The zero-order valence-corrected chi connectivity index (χ0v) is 51.0. The van der Waals surface area contributed by atoms with Crippen molar-refractivity contribution in [3.05, 3.63) is 82.3 Å². The number of nitrogens with zero attached hydrogens (tertiary/aromatic N) is 3. The van der Waals surface area contributed by atoms with Crippen LogP contribution in [0.25, 0.3) is 0 Å². The largest absolute Gasteiger partial charge is 0.445 e. The van der Waals surface area contributed by atoms with E-state index in [4.69, 9.17) is 19.9 Å². The number of urea groups is 1. The van der Waals surface area contributed by atoms with Gasteiger partial charge in [-0.25, -0.2) is 14.6 Å². The molecule has 0 aliphatic carbocycles. The molecule has 1 saturated heterocycles. The zero-order chi connectivity index (χ0) is 61.6. The SMILES string of the molecule is CC[C@H](C)[C@@H]([C@@H](CC(=O)N1CCC[C@H]1[C@H](OC)[C@@H](C)C(=O)N[C@@H](Cc1ccccc1)c1nccs1)OC)N(C)C(=O)[C@@H](NC(=O)C(C)(C)NC(=O)OCc1ccc(NC(=O)[C@H](CCCNC(N)=O)NC(=O)[C@@H](NC=O)C(C)C)cc1)C(C)C. The number of thiazole rings is 1. The number of carbonyl (C=O) groups excluding carboxylic acids is 9. The molecule has 23 nitrogen and oxygen atoms in total. The van der Waals surface area contributed by atoms with Gasteiger partial charge in [0.2, 0.25) is 41.9 Å². The summed E-state index contributed by atoms with van der Waals surface area (Å²) < 4.78 is 17.6. The molecule has 1 aliphatic heterocycles. The number of likely N-dealkylation sites (N-methyl/N-ethyl adjacent to an activating group) is 1. The molecule has 10 atom stereocenters. The third-order valence-corrected chi connectivity index (χ3v) is 16.1. The normalized spacial score (nSPS) is 16.6. The van der Waals surface area contributed by atoms with Crippen LogP contribution in [0, 0.1) is 23.7 Å². The Morgan fingerprint density at radius 1 is 0.867 bits per heavy atom. The number of aromatic nitrogens is 1. The van der Waals surface area contributed by atoms with E-state index in [2.05, 4.69) is 42.2 Å². The molecule has 4 rings (SSSR count). The zero-order valence-electron chi connectivity index (χ0n) is 50.2. The lowest BCUT2D eigenvalue weighted by Gasteiger charge is -2.41. The molecule has 0 unspecified atom stereocenters. The number of benzene rings is 2. The minimum atomic E-state index is -1.56. The topological polar surface area (TPSA) is 311 Å². The molecule has 1 fully saturated rings. The van der Waals surface area contributed by atoms with Crippen molar-refractivity contribution in [2.75, 3.05) is 39.7 Å². The summed E-state index contributed by atoms with van der Waals surface area (Å²) in [7, 11) is 4.70. The number of methoxy groups -OCH3 is 2. The van der Waals surface area contributed by atoms with E-state index < -0.39 is 95.5 Å². The van der Waals surface area contributed by atoms with Crippen molar-refractivity contribution in [2.24, 2.45) is 29.4 Å². The Bertz CT molecular complexity index is 2590. The summed E-state index contributed by atoms with van der Waals surface area (Å²) in [5.74, 6) is -4.08. The Hall–Kier alpha value is -7.18. The first-order valence-corrected chi connectivity index (χ1v) is 29.3. The Kier molecular flexibility index (Phi) is 27.3. The third kappa shape index (κ3) is 20.3. The number of ether oxygens (including phenoxy) is 3. The van der Waals surface area contributed by atoms with Gasteiger partial charge in [-0.15, -0.1) is 11.3 Å². The highest BCUT2D eigenvalue weighted by molar-refractivity contribution is 7.09. The van der Waals surface area contributed by atoms with Gasteiger partial charge in [0, 0.05) is 51.6 Å². The first-order chi connectivity index (χ1) is 39.4. The Balaban J connectivity index is 1.37. The smallest absolute Gasteiger partial charge is 0.408 e. The fraction of sp³-hybridized carbons (Fsp3) is 0.593. The van der Waals surface area contributed by atoms with Crippen molar-refractivity contribution >= 4 is 71.0 Å². The average Bonchev–Trinajstić information content (AvgIpc) is 4.21. The Morgan fingerprint density at radius 3 is 2.12 bits per heavy atom. The van der Waals surface area contributed by atoms with E-state index >= 15 is 0 Å². The summed E-state index contributed by atoms with van der Waals surface area (Å²) in [6.07, 6.45) is 2.72. The summed E-state index contributed by atoms with van der Waals surface area (Å²) >= 11 is 1.47. The second-order valence-electron chi connectivity index (χ2n) is 22.4. The van der Waals surface area contributed by atoms with Crippen LogP contribution in [0.4, 0.5) is 15.3 Å². The lowest BCUT2D eigenvalue weighted by Crippen LogP contribution is -2.62. The molecule has 0 bridgehead atoms. The lowest BCUT2D eigenvalue weighted by molar-refractivity contribution is -0.148. The van der Waals surface area contributed by atoms with Gasteiger partial charge in [-0.1, -0.05) is 97.4 Å². The summed E-state index contributed by atoms with van der Waals surface area (Å²) in [5.41, 5.74) is 5.55. The summed E-state index contributed by atoms with van der Waals surface area (Å²) in [5, 5.41) is 21.7. The summed E-state index contributed by atoms with van der Waals surface area (Å²) in [6.45, 7) is 16.2. The van der Waals surface area contributed by atoms with Crippen molar-refractivity contribution in [2.45, 2.75) is 168 Å². The highest BCUT2D eigenvalue weighted by Gasteiger charge is 2.44. The maximum Gasteiger partial charge on any atom is 0.408 e. The summed E-state index contributed by atoms with van der Waals surface area (Å²) in [6, 6.07) is 11.2. The summed E-state index contributed by atoms with van der Waals surface area (Å²) in [4.78, 5) is 127. The van der Waals surface area contributed by atoms with E-state index in [0.29, 0.717) is 56.3 Å². The van der Waals surface area contributed by atoms with Gasteiger partial charge >= 0.3 is 12.1 Å². The number of hydrogen-bond acceptors (Lipinski definition) is 14. The number of hydrogen-bond donors (Lipinski definition) is 8. The number of carbonyl (C=O) groups is 9. The number of amides is 10. The van der Waals surface area contributed by atoms with Gasteiger partial charge in [0.15, 0.2) is 0 Å². The number of alkyl carbamates (subject to hydrolysis) is 1. The molecule has 9 N–H and O–H groups in total. The molecule has 10 amide bonds. The minimum Gasteiger partial charge on any atom is -0.445 e. The first-order valence-electron chi connectivity index (χ1n) is 28.4. The molecule has 1 aliphatic rings. The predicted octanol–water partition coefficient (Wildman–Crippen LogP) is 4.95. The van der Waals surface area contributed by atoms with Crippen LogP contribution in [0.1, 0.15) is 123 Å². The van der Waals surface area contributed by atoms with E-state index in [9.17, 15) is 43.2 Å². The van der Waals surface area contributed by atoms with Crippen molar-refractivity contribution in [3.8, 4) is 0 Å². The van der Waals surface area contributed by atoms with Crippen LogP contribution in [0.2, 0.25) is 0 Å². The van der Waals surface area contributed by atoms with Crippen LogP contribution in [-0.2, 0) is 60.8 Å². The van der Waals surface area contributed by atoms with Gasteiger partial charge < -0.3 is 67.0 Å². The molecule has 0 saturated carbocycles. The Labute approximate surface area is 492 Å². The highest BCUT2D eigenvalue weighted by atomic mass is 32.1. The van der Waals surface area contributed by atoms with E-state index in [0.717, 1.165) is 10.6 Å². The van der Waals surface area contributed by atoms with E-state index in [-0.39, 0.29) is 55.7 Å². The standard InChI is InChI=1S/C59H89N11O12S/c1-13-37(6)49(45(80-11)32-46(72)70-29-18-22-44(70)50(81-12)38(7)51(73)66-43(54-61-28-30-83-54)31-39-19-15-14-16-20-39)69(10)55(76)48(36(4)5)67-56(77)59(8,9)68-58(79)82-33-40-23-25-41(26-24-40)64-52(74)42(21-17-27-62-57(60)78)65-53(75)47(35(2)3)63-34-71/h14-16,19-20,23-26,28,30,34-38,42-45,47-50H,13,17-18,21-22,27,29,31-33H2,1-12H3,(H,63,71)(H,64,74)(H,65,75)(H,66,73)(H,67,77)(H,68,79)(H3,60,62,78)/t37-,38+,42-,43-,44-,45+,47-,48-,49-,50+/m0/s1. The van der Waals surface area contributed by atoms with Crippen LogP contribution >= 0.6 is 11.3 Å². The second kappa shape index (κ2) is 33.2. The molecule has 0 spiro atoms. The van der Waals surface area contributed by atoms with Gasteiger partial charge in [0.1, 0.15) is 35.3 Å². The van der Waals surface area contributed by atoms with Gasteiger partial charge in [-0.3, -0.25) is 33.6 Å². The monoisotopic (exact) mass is 1180 g/mol.